The van der Waals surface area contributed by atoms with E-state index in [9.17, 15) is 5.11 Å². The van der Waals surface area contributed by atoms with E-state index in [2.05, 4.69) is 32.9 Å². The van der Waals surface area contributed by atoms with Gasteiger partial charge in [-0.1, -0.05) is 51.1 Å². The maximum atomic E-state index is 10.8. The fraction of sp³-hybridized carbons (Fsp3) is 0.368. The van der Waals surface area contributed by atoms with Crippen LogP contribution in [0.3, 0.4) is 0 Å². The van der Waals surface area contributed by atoms with E-state index in [-0.39, 0.29) is 5.41 Å². The predicted octanol–water partition coefficient (Wildman–Crippen LogP) is 4.00. The summed E-state index contributed by atoms with van der Waals surface area (Å²) >= 11 is 0. The van der Waals surface area contributed by atoms with Crippen molar-refractivity contribution in [1.29, 1.82) is 0 Å². The summed E-state index contributed by atoms with van der Waals surface area (Å²) in [6.45, 7) is 7.17. The standard InChI is InChI=1S/C19H22O2/c1-4-13-7-5-6-8-15(13)18(20)14-9-10-17-16(11-14)19(2,3)12-21-17/h5-11,18,20H,4,12H2,1-3H3. The van der Waals surface area contributed by atoms with E-state index in [1.54, 1.807) is 0 Å². The minimum atomic E-state index is -0.581. The average Bonchev–Trinajstić information content (AvgIpc) is 2.81. The number of aryl methyl sites for hydroxylation is 1. The van der Waals surface area contributed by atoms with Gasteiger partial charge in [-0.2, -0.15) is 0 Å². The molecular weight excluding hydrogens is 260 g/mol. The molecule has 1 aliphatic heterocycles. The number of benzene rings is 2. The Kier molecular flexibility index (Phi) is 3.50. The molecule has 1 unspecified atom stereocenters. The lowest BCUT2D eigenvalue weighted by Crippen LogP contribution is -2.18. The molecule has 0 amide bonds. The number of ether oxygens (including phenoxy) is 1. The SMILES string of the molecule is CCc1ccccc1C(O)c1ccc2c(c1)C(C)(C)CO2. The second kappa shape index (κ2) is 5.19. The first-order chi connectivity index (χ1) is 10.0. The molecule has 110 valence electrons. The van der Waals surface area contributed by atoms with Crippen LogP contribution in [0, 0.1) is 0 Å². The number of hydrogen-bond acceptors (Lipinski definition) is 2. The fourth-order valence-corrected chi connectivity index (χ4v) is 3.01. The number of hydrogen-bond donors (Lipinski definition) is 1. The van der Waals surface area contributed by atoms with E-state index in [1.807, 2.05) is 30.3 Å². The number of rotatable bonds is 3. The van der Waals surface area contributed by atoms with Crippen LogP contribution in [0.2, 0.25) is 0 Å². The summed E-state index contributed by atoms with van der Waals surface area (Å²) in [6.07, 6.45) is 0.343. The van der Waals surface area contributed by atoms with Crippen LogP contribution >= 0.6 is 0 Å². The normalized spacial score (nSPS) is 17.1. The molecule has 0 aromatic heterocycles. The van der Waals surface area contributed by atoms with E-state index in [0.29, 0.717) is 6.61 Å². The van der Waals surface area contributed by atoms with Crippen molar-refractivity contribution in [3.05, 3.63) is 64.7 Å². The third-order valence-electron chi connectivity index (χ3n) is 4.37. The Bertz CT molecular complexity index is 658. The van der Waals surface area contributed by atoms with Crippen molar-refractivity contribution >= 4 is 0 Å². The van der Waals surface area contributed by atoms with Crippen molar-refractivity contribution in [2.45, 2.75) is 38.7 Å². The van der Waals surface area contributed by atoms with Crippen LogP contribution in [0.1, 0.15) is 49.1 Å². The van der Waals surface area contributed by atoms with Crippen molar-refractivity contribution in [3.8, 4) is 5.75 Å². The zero-order chi connectivity index (χ0) is 15.0. The zero-order valence-electron chi connectivity index (χ0n) is 12.9. The summed E-state index contributed by atoms with van der Waals surface area (Å²) in [4.78, 5) is 0. The van der Waals surface area contributed by atoms with Crippen LogP contribution in [-0.4, -0.2) is 11.7 Å². The molecular formula is C19H22O2. The van der Waals surface area contributed by atoms with Gasteiger partial charge >= 0.3 is 0 Å². The van der Waals surface area contributed by atoms with E-state index in [4.69, 9.17) is 4.74 Å². The monoisotopic (exact) mass is 282 g/mol. The maximum absolute atomic E-state index is 10.8. The average molecular weight is 282 g/mol. The first-order valence-corrected chi connectivity index (χ1v) is 7.56. The molecule has 0 saturated carbocycles. The van der Waals surface area contributed by atoms with Gasteiger partial charge in [0.05, 0.1) is 6.61 Å². The number of fused-ring (bicyclic) bond motifs is 1. The van der Waals surface area contributed by atoms with Crippen LogP contribution in [-0.2, 0) is 11.8 Å². The van der Waals surface area contributed by atoms with Gasteiger partial charge < -0.3 is 9.84 Å². The lowest BCUT2D eigenvalue weighted by atomic mass is 9.85. The van der Waals surface area contributed by atoms with E-state index in [1.165, 1.54) is 11.1 Å². The Morgan fingerprint density at radius 1 is 1.19 bits per heavy atom. The minimum absolute atomic E-state index is 0.00926. The molecule has 0 bridgehead atoms. The summed E-state index contributed by atoms with van der Waals surface area (Å²) in [6, 6.07) is 14.2. The van der Waals surface area contributed by atoms with Gasteiger partial charge in [0.15, 0.2) is 0 Å². The third kappa shape index (κ3) is 2.44. The molecule has 0 aliphatic carbocycles. The van der Waals surface area contributed by atoms with Crippen LogP contribution in [0.5, 0.6) is 5.75 Å². The topological polar surface area (TPSA) is 29.5 Å². The Hall–Kier alpha value is -1.80. The van der Waals surface area contributed by atoms with Gasteiger partial charge in [0, 0.05) is 11.0 Å². The van der Waals surface area contributed by atoms with E-state index >= 15 is 0 Å². The van der Waals surface area contributed by atoms with Crippen LogP contribution < -0.4 is 4.74 Å². The smallest absolute Gasteiger partial charge is 0.123 e. The van der Waals surface area contributed by atoms with Crippen molar-refractivity contribution in [1.82, 2.24) is 0 Å². The molecule has 2 nitrogen and oxygen atoms in total. The van der Waals surface area contributed by atoms with Crippen molar-refractivity contribution in [3.63, 3.8) is 0 Å². The minimum Gasteiger partial charge on any atom is -0.492 e. The summed E-state index contributed by atoms with van der Waals surface area (Å²) in [5.41, 5.74) is 4.33. The van der Waals surface area contributed by atoms with Gasteiger partial charge in [0.2, 0.25) is 0 Å². The highest BCUT2D eigenvalue weighted by atomic mass is 16.5. The van der Waals surface area contributed by atoms with E-state index < -0.39 is 6.10 Å². The Labute approximate surface area is 126 Å². The first kappa shape index (κ1) is 14.2. The number of aliphatic hydroxyl groups excluding tert-OH is 1. The largest absolute Gasteiger partial charge is 0.492 e. The van der Waals surface area contributed by atoms with E-state index in [0.717, 1.165) is 23.3 Å². The first-order valence-electron chi connectivity index (χ1n) is 7.56. The van der Waals surface area contributed by atoms with Gasteiger partial charge in [-0.05, 0) is 35.2 Å². The summed E-state index contributed by atoms with van der Waals surface area (Å²) in [5.74, 6) is 0.944. The lowest BCUT2D eigenvalue weighted by Gasteiger charge is -2.19. The summed E-state index contributed by atoms with van der Waals surface area (Å²) < 4.78 is 5.72. The van der Waals surface area contributed by atoms with Crippen molar-refractivity contribution in [2.24, 2.45) is 0 Å². The summed E-state index contributed by atoms with van der Waals surface area (Å²) in [5, 5.41) is 10.8. The highest BCUT2D eigenvalue weighted by Crippen LogP contribution is 2.40. The zero-order valence-corrected chi connectivity index (χ0v) is 12.9. The molecule has 1 atom stereocenters. The molecule has 1 heterocycles. The highest BCUT2D eigenvalue weighted by Gasteiger charge is 2.32. The van der Waals surface area contributed by atoms with Gasteiger partial charge in [-0.3, -0.25) is 0 Å². The Morgan fingerprint density at radius 2 is 1.95 bits per heavy atom. The molecule has 1 N–H and O–H groups in total. The second-order valence-corrected chi connectivity index (χ2v) is 6.38. The van der Waals surface area contributed by atoms with Crippen LogP contribution in [0.4, 0.5) is 0 Å². The lowest BCUT2D eigenvalue weighted by molar-refractivity contribution is 0.219. The fourth-order valence-electron chi connectivity index (χ4n) is 3.01. The molecule has 1 aliphatic rings. The molecule has 0 fully saturated rings. The molecule has 3 rings (SSSR count). The molecule has 2 aromatic rings. The molecule has 2 aromatic carbocycles. The molecule has 2 heteroatoms. The molecule has 0 saturated heterocycles. The van der Waals surface area contributed by atoms with Gasteiger partial charge in [-0.25, -0.2) is 0 Å². The quantitative estimate of drug-likeness (QED) is 0.922. The molecule has 21 heavy (non-hydrogen) atoms. The second-order valence-electron chi connectivity index (χ2n) is 6.38. The third-order valence-corrected chi connectivity index (χ3v) is 4.37. The predicted molar refractivity (Wildman–Crippen MR) is 84.8 cm³/mol. The van der Waals surface area contributed by atoms with Crippen molar-refractivity contribution in [2.75, 3.05) is 6.61 Å². The summed E-state index contributed by atoms with van der Waals surface area (Å²) in [7, 11) is 0. The van der Waals surface area contributed by atoms with Gasteiger partial charge in [0.25, 0.3) is 0 Å². The van der Waals surface area contributed by atoms with Gasteiger partial charge in [-0.15, -0.1) is 0 Å². The maximum Gasteiger partial charge on any atom is 0.123 e. The van der Waals surface area contributed by atoms with Crippen LogP contribution in [0.25, 0.3) is 0 Å². The van der Waals surface area contributed by atoms with Crippen molar-refractivity contribution < 1.29 is 9.84 Å². The highest BCUT2D eigenvalue weighted by molar-refractivity contribution is 5.47. The van der Waals surface area contributed by atoms with Gasteiger partial charge in [0.1, 0.15) is 11.9 Å². The molecule has 0 radical (unpaired) electrons. The molecule has 0 spiro atoms. The Balaban J connectivity index is 2.01. The number of aliphatic hydroxyl groups is 1. The Morgan fingerprint density at radius 3 is 2.71 bits per heavy atom. The van der Waals surface area contributed by atoms with Crippen LogP contribution in [0.15, 0.2) is 42.5 Å².